The van der Waals surface area contributed by atoms with Crippen molar-refractivity contribution < 1.29 is 9.47 Å². The smallest absolute Gasteiger partial charge is 0.145 e. The van der Waals surface area contributed by atoms with Crippen LogP contribution in [0.3, 0.4) is 0 Å². The van der Waals surface area contributed by atoms with Crippen LogP contribution in [-0.2, 0) is 4.74 Å². The first-order chi connectivity index (χ1) is 10.3. The molecule has 4 rings (SSSR count). The van der Waals surface area contributed by atoms with Crippen molar-refractivity contribution in [3.05, 3.63) is 41.3 Å². The molecule has 5 heteroatoms. The first kappa shape index (κ1) is 13.0. The summed E-state index contributed by atoms with van der Waals surface area (Å²) in [6, 6.07) is 5.60. The van der Waals surface area contributed by atoms with Gasteiger partial charge in [0, 0.05) is 22.7 Å². The molecule has 1 saturated heterocycles. The molecule has 0 bridgehead atoms. The Hall–Kier alpha value is -1.65. The van der Waals surface area contributed by atoms with E-state index in [0.29, 0.717) is 24.2 Å². The van der Waals surface area contributed by atoms with Gasteiger partial charge >= 0.3 is 0 Å². The van der Waals surface area contributed by atoms with Crippen LogP contribution in [0.15, 0.2) is 30.6 Å². The number of nitrogens with zero attached hydrogens (tertiary/aromatic N) is 2. The molecule has 4 nitrogen and oxygen atoms in total. The second-order valence-corrected chi connectivity index (χ2v) is 5.96. The average Bonchev–Trinajstić information content (AvgIpc) is 3.28. The quantitative estimate of drug-likeness (QED) is 0.867. The Morgan fingerprint density at radius 3 is 2.62 bits per heavy atom. The van der Waals surface area contributed by atoms with E-state index in [-0.39, 0.29) is 6.10 Å². The Bertz CT molecular complexity index is 652. The second-order valence-electron chi connectivity index (χ2n) is 5.52. The molecule has 0 unspecified atom stereocenters. The Morgan fingerprint density at radius 1 is 1.14 bits per heavy atom. The predicted octanol–water partition coefficient (Wildman–Crippen LogP) is 3.45. The van der Waals surface area contributed by atoms with Gasteiger partial charge in [-0.1, -0.05) is 11.6 Å². The molecule has 0 radical (unpaired) electrons. The highest BCUT2D eigenvalue weighted by Crippen LogP contribution is 2.39. The molecule has 21 heavy (non-hydrogen) atoms. The lowest BCUT2D eigenvalue weighted by molar-refractivity contribution is -0.0794. The van der Waals surface area contributed by atoms with Crippen molar-refractivity contribution in [2.45, 2.75) is 24.9 Å². The van der Waals surface area contributed by atoms with E-state index in [1.807, 2.05) is 30.6 Å². The number of aromatic nitrogens is 2. The number of hydrogen-bond donors (Lipinski definition) is 0. The summed E-state index contributed by atoms with van der Waals surface area (Å²) in [5.74, 6) is 1.35. The van der Waals surface area contributed by atoms with Crippen LogP contribution >= 0.6 is 11.6 Å². The van der Waals surface area contributed by atoms with Crippen molar-refractivity contribution in [3.63, 3.8) is 0 Å². The summed E-state index contributed by atoms with van der Waals surface area (Å²) in [6.45, 7) is 1.25. The van der Waals surface area contributed by atoms with Crippen molar-refractivity contribution in [2.75, 3.05) is 13.2 Å². The lowest BCUT2D eigenvalue weighted by Gasteiger charge is -2.27. The van der Waals surface area contributed by atoms with Gasteiger partial charge in [-0.25, -0.2) is 0 Å². The van der Waals surface area contributed by atoms with Crippen molar-refractivity contribution in [1.82, 2.24) is 9.97 Å². The molecular weight excluding hydrogens is 288 g/mol. The molecule has 2 fully saturated rings. The van der Waals surface area contributed by atoms with Gasteiger partial charge in [-0.05, 0) is 31.0 Å². The highest BCUT2D eigenvalue weighted by Gasteiger charge is 2.26. The molecule has 1 aliphatic heterocycles. The highest BCUT2D eigenvalue weighted by molar-refractivity contribution is 6.30. The molecule has 1 aliphatic carbocycles. The molecule has 1 aromatic heterocycles. The van der Waals surface area contributed by atoms with Gasteiger partial charge in [-0.3, -0.25) is 9.97 Å². The van der Waals surface area contributed by atoms with Crippen molar-refractivity contribution >= 4 is 11.6 Å². The fraction of sp³-hybridized carbons (Fsp3) is 0.375. The van der Waals surface area contributed by atoms with Gasteiger partial charge < -0.3 is 9.47 Å². The molecule has 1 aromatic carbocycles. The van der Waals surface area contributed by atoms with E-state index >= 15 is 0 Å². The van der Waals surface area contributed by atoms with E-state index in [0.717, 1.165) is 22.7 Å². The van der Waals surface area contributed by atoms with Crippen molar-refractivity contribution in [2.24, 2.45) is 0 Å². The number of ether oxygens (including phenoxy) is 2. The largest absolute Gasteiger partial charge is 0.485 e. The van der Waals surface area contributed by atoms with Crippen LogP contribution in [0.4, 0.5) is 0 Å². The van der Waals surface area contributed by atoms with Gasteiger partial charge in [-0.15, -0.1) is 0 Å². The van der Waals surface area contributed by atoms with Crippen molar-refractivity contribution in [3.8, 4) is 17.0 Å². The first-order valence-corrected chi connectivity index (χ1v) is 7.53. The third-order valence-corrected chi connectivity index (χ3v) is 4.02. The van der Waals surface area contributed by atoms with Gasteiger partial charge in [0.05, 0.1) is 30.8 Å². The number of benzene rings is 1. The molecule has 0 atom stereocenters. The fourth-order valence-corrected chi connectivity index (χ4v) is 2.50. The first-order valence-electron chi connectivity index (χ1n) is 7.16. The minimum absolute atomic E-state index is 0.0981. The molecule has 0 N–H and O–H groups in total. The van der Waals surface area contributed by atoms with Gasteiger partial charge in [0.15, 0.2) is 0 Å². The van der Waals surface area contributed by atoms with Crippen LogP contribution in [0.2, 0.25) is 5.02 Å². The number of rotatable bonds is 4. The third kappa shape index (κ3) is 2.74. The van der Waals surface area contributed by atoms with Crippen molar-refractivity contribution in [1.29, 1.82) is 0 Å². The molecule has 2 aromatic rings. The van der Waals surface area contributed by atoms with Gasteiger partial charge in [0.2, 0.25) is 0 Å². The molecule has 0 amide bonds. The zero-order valence-electron chi connectivity index (χ0n) is 11.5. The summed E-state index contributed by atoms with van der Waals surface area (Å²) in [6.07, 6.45) is 6.25. The lowest BCUT2D eigenvalue weighted by Crippen LogP contribution is -2.38. The van der Waals surface area contributed by atoms with E-state index < -0.39 is 0 Å². The second kappa shape index (κ2) is 5.28. The highest BCUT2D eigenvalue weighted by atomic mass is 35.5. The van der Waals surface area contributed by atoms with E-state index in [1.54, 1.807) is 0 Å². The van der Waals surface area contributed by atoms with Crippen LogP contribution in [0, 0.1) is 0 Å². The van der Waals surface area contributed by atoms with E-state index in [9.17, 15) is 0 Å². The zero-order chi connectivity index (χ0) is 14.2. The van der Waals surface area contributed by atoms with Gasteiger partial charge in [0.25, 0.3) is 0 Å². The van der Waals surface area contributed by atoms with Gasteiger partial charge in [-0.2, -0.15) is 0 Å². The average molecular weight is 303 g/mol. The SMILES string of the molecule is Clc1ccc(-c2cnc(C3CC3)cn2)c(OC2COC2)c1. The molecule has 108 valence electrons. The number of hydrogen-bond acceptors (Lipinski definition) is 4. The van der Waals surface area contributed by atoms with Crippen LogP contribution < -0.4 is 4.74 Å². The maximum absolute atomic E-state index is 6.08. The topological polar surface area (TPSA) is 44.2 Å². The normalized spacial score (nSPS) is 18.3. The fourth-order valence-electron chi connectivity index (χ4n) is 2.33. The minimum atomic E-state index is 0.0981. The molecular formula is C16H15ClN2O2. The summed E-state index contributed by atoms with van der Waals surface area (Å²) >= 11 is 6.08. The standard InChI is InChI=1S/C16H15ClN2O2/c17-11-3-4-13(16(5-11)21-12-8-20-9-12)15-7-18-14(6-19-15)10-1-2-10/h3-7,10,12H,1-2,8-9H2. The van der Waals surface area contributed by atoms with Gasteiger partial charge in [0.1, 0.15) is 11.9 Å². The Kier molecular flexibility index (Phi) is 3.28. The summed E-state index contributed by atoms with van der Waals surface area (Å²) in [4.78, 5) is 9.05. The maximum atomic E-state index is 6.08. The summed E-state index contributed by atoms with van der Waals surface area (Å²) in [5.41, 5.74) is 2.81. The van der Waals surface area contributed by atoms with E-state index in [4.69, 9.17) is 21.1 Å². The molecule has 2 aliphatic rings. The van der Waals surface area contributed by atoms with Crippen LogP contribution in [0.25, 0.3) is 11.3 Å². The summed E-state index contributed by atoms with van der Waals surface area (Å²) in [5, 5.41) is 0.650. The molecule has 2 heterocycles. The predicted molar refractivity (Wildman–Crippen MR) is 79.7 cm³/mol. The Labute approximate surface area is 128 Å². The van der Waals surface area contributed by atoms with E-state index in [1.165, 1.54) is 12.8 Å². The lowest BCUT2D eigenvalue weighted by atomic mass is 10.1. The number of halogens is 1. The summed E-state index contributed by atoms with van der Waals surface area (Å²) < 4.78 is 11.1. The zero-order valence-corrected chi connectivity index (χ0v) is 12.2. The summed E-state index contributed by atoms with van der Waals surface area (Å²) in [7, 11) is 0. The molecule has 1 saturated carbocycles. The van der Waals surface area contributed by atoms with Crippen LogP contribution in [0.5, 0.6) is 5.75 Å². The maximum Gasteiger partial charge on any atom is 0.145 e. The minimum Gasteiger partial charge on any atom is -0.485 e. The van der Waals surface area contributed by atoms with Crippen LogP contribution in [0.1, 0.15) is 24.5 Å². The third-order valence-electron chi connectivity index (χ3n) is 3.79. The monoisotopic (exact) mass is 302 g/mol. The molecule has 0 spiro atoms. The Balaban J connectivity index is 1.65. The van der Waals surface area contributed by atoms with Crippen LogP contribution in [-0.4, -0.2) is 29.3 Å². The van der Waals surface area contributed by atoms with E-state index in [2.05, 4.69) is 9.97 Å². The Morgan fingerprint density at radius 2 is 2.00 bits per heavy atom.